The van der Waals surface area contributed by atoms with Gasteiger partial charge in [-0.1, -0.05) is 18.2 Å². The number of hydrogen-bond acceptors (Lipinski definition) is 4. The Kier molecular flexibility index (Phi) is 5.86. The Bertz CT molecular complexity index is 403. The van der Waals surface area contributed by atoms with Crippen molar-refractivity contribution in [1.29, 1.82) is 0 Å². The molecule has 0 saturated carbocycles. The van der Waals surface area contributed by atoms with Gasteiger partial charge in [-0.05, 0) is 11.6 Å². The van der Waals surface area contributed by atoms with Gasteiger partial charge in [-0.2, -0.15) is 0 Å². The summed E-state index contributed by atoms with van der Waals surface area (Å²) in [6, 6.07) is 7.04. The Morgan fingerprint density at radius 3 is 2.65 bits per heavy atom. The normalized spacial score (nSPS) is 12.1. The van der Waals surface area contributed by atoms with Crippen LogP contribution in [0.3, 0.4) is 0 Å². The van der Waals surface area contributed by atoms with Crippen molar-refractivity contribution >= 4 is 16.8 Å². The fourth-order valence-electron chi connectivity index (χ4n) is 1.38. The van der Waals surface area contributed by atoms with Crippen LogP contribution >= 0.6 is 0 Å². The predicted octanol–water partition coefficient (Wildman–Crippen LogP) is 1.37. The second-order valence-electron chi connectivity index (χ2n) is 3.43. The molecule has 1 unspecified atom stereocenters. The topological polar surface area (TPSA) is 52.6 Å². The van der Waals surface area contributed by atoms with Crippen molar-refractivity contribution in [2.45, 2.75) is 5.75 Å². The molecular weight excluding hydrogens is 240 g/mol. The molecule has 0 amide bonds. The summed E-state index contributed by atoms with van der Waals surface area (Å²) >= 11 is 0. The van der Waals surface area contributed by atoms with Gasteiger partial charge in [0.15, 0.2) is 0 Å². The number of hydrogen-bond donors (Lipinski definition) is 0. The molecule has 0 aliphatic heterocycles. The third-order valence-corrected chi connectivity index (χ3v) is 3.51. The van der Waals surface area contributed by atoms with Crippen LogP contribution in [-0.4, -0.2) is 36.8 Å². The molecule has 0 fully saturated rings. The number of carbonyl (C=O) groups excluding carboxylic acids is 1. The molecule has 0 aromatic heterocycles. The van der Waals surface area contributed by atoms with Crippen LogP contribution in [-0.2, 0) is 26.0 Å². The highest BCUT2D eigenvalue weighted by molar-refractivity contribution is 7.84. The van der Waals surface area contributed by atoms with E-state index in [1.54, 1.807) is 25.3 Å². The van der Waals surface area contributed by atoms with Crippen LogP contribution < -0.4 is 0 Å². The molecule has 0 saturated heterocycles. The molecule has 1 rings (SSSR count). The summed E-state index contributed by atoms with van der Waals surface area (Å²) in [5.41, 5.74) is 1.22. The van der Waals surface area contributed by atoms with Gasteiger partial charge in [-0.3, -0.25) is 4.21 Å². The van der Waals surface area contributed by atoms with Crippen LogP contribution in [0.1, 0.15) is 15.9 Å². The van der Waals surface area contributed by atoms with Crippen LogP contribution in [0.15, 0.2) is 24.3 Å². The number of esters is 1. The minimum absolute atomic E-state index is 0.342. The molecule has 1 aromatic rings. The van der Waals surface area contributed by atoms with Gasteiger partial charge in [-0.25, -0.2) is 4.79 Å². The minimum atomic E-state index is -1.03. The maximum Gasteiger partial charge on any atom is 0.338 e. The zero-order valence-corrected chi connectivity index (χ0v) is 10.8. The molecule has 0 N–H and O–H groups in total. The first-order valence-electron chi connectivity index (χ1n) is 5.19. The number of ether oxygens (including phenoxy) is 2. The lowest BCUT2D eigenvalue weighted by Gasteiger charge is -2.07. The zero-order valence-electron chi connectivity index (χ0n) is 9.97. The molecule has 0 bridgehead atoms. The second kappa shape index (κ2) is 7.19. The van der Waals surface area contributed by atoms with Crippen LogP contribution in [0.4, 0.5) is 0 Å². The summed E-state index contributed by atoms with van der Waals surface area (Å²) in [5.74, 6) is 0.407. The SMILES string of the molecule is COCCS(=O)Cc1ccccc1C(=O)OC. The van der Waals surface area contributed by atoms with Crippen LogP contribution in [0.2, 0.25) is 0 Å². The molecule has 0 spiro atoms. The van der Waals surface area contributed by atoms with Gasteiger partial charge in [0.2, 0.25) is 0 Å². The van der Waals surface area contributed by atoms with Crippen molar-refractivity contribution in [3.05, 3.63) is 35.4 Å². The van der Waals surface area contributed by atoms with E-state index in [0.29, 0.717) is 23.7 Å². The maximum atomic E-state index is 11.7. The number of methoxy groups -OCH3 is 2. The van der Waals surface area contributed by atoms with Gasteiger partial charge in [0.1, 0.15) is 0 Å². The Morgan fingerprint density at radius 2 is 2.00 bits per heavy atom. The Hall–Kier alpha value is -1.20. The van der Waals surface area contributed by atoms with Gasteiger partial charge in [0.25, 0.3) is 0 Å². The van der Waals surface area contributed by atoms with Crippen molar-refractivity contribution in [2.75, 3.05) is 26.6 Å². The molecule has 17 heavy (non-hydrogen) atoms. The molecule has 0 aliphatic rings. The van der Waals surface area contributed by atoms with Gasteiger partial charge in [0.05, 0.1) is 19.3 Å². The molecule has 0 radical (unpaired) electrons. The fourth-order valence-corrected chi connectivity index (χ4v) is 2.47. The van der Waals surface area contributed by atoms with Crippen LogP contribution in [0, 0.1) is 0 Å². The lowest BCUT2D eigenvalue weighted by Crippen LogP contribution is -2.10. The summed E-state index contributed by atoms with van der Waals surface area (Å²) in [5, 5.41) is 0. The lowest BCUT2D eigenvalue weighted by molar-refractivity contribution is 0.0600. The summed E-state index contributed by atoms with van der Waals surface area (Å²) < 4.78 is 21.3. The van der Waals surface area contributed by atoms with E-state index in [9.17, 15) is 9.00 Å². The third-order valence-electron chi connectivity index (χ3n) is 2.25. The monoisotopic (exact) mass is 256 g/mol. The van der Waals surface area contributed by atoms with Gasteiger partial charge in [0, 0.05) is 29.4 Å². The Labute approximate surface area is 103 Å². The van der Waals surface area contributed by atoms with Crippen molar-refractivity contribution < 1.29 is 18.5 Å². The summed E-state index contributed by atoms with van der Waals surface area (Å²) in [7, 11) is 1.87. The lowest BCUT2D eigenvalue weighted by atomic mass is 10.1. The Morgan fingerprint density at radius 1 is 1.29 bits per heavy atom. The highest BCUT2D eigenvalue weighted by Gasteiger charge is 2.12. The molecule has 0 aliphatic carbocycles. The van der Waals surface area contributed by atoms with E-state index in [1.165, 1.54) is 7.11 Å². The van der Waals surface area contributed by atoms with E-state index in [-0.39, 0.29) is 0 Å². The average molecular weight is 256 g/mol. The molecule has 4 nitrogen and oxygen atoms in total. The van der Waals surface area contributed by atoms with E-state index in [0.717, 1.165) is 5.56 Å². The molecule has 0 heterocycles. The number of carbonyl (C=O) groups is 1. The highest BCUT2D eigenvalue weighted by atomic mass is 32.2. The molecule has 1 atom stereocenters. The van der Waals surface area contributed by atoms with E-state index >= 15 is 0 Å². The zero-order chi connectivity index (χ0) is 12.7. The van der Waals surface area contributed by atoms with Crippen LogP contribution in [0.5, 0.6) is 0 Å². The first-order chi connectivity index (χ1) is 8.19. The van der Waals surface area contributed by atoms with Gasteiger partial charge < -0.3 is 9.47 Å². The van der Waals surface area contributed by atoms with E-state index in [4.69, 9.17) is 4.74 Å². The smallest absolute Gasteiger partial charge is 0.338 e. The van der Waals surface area contributed by atoms with Crippen molar-refractivity contribution in [2.24, 2.45) is 0 Å². The van der Waals surface area contributed by atoms with E-state index in [1.807, 2.05) is 6.07 Å². The van der Waals surface area contributed by atoms with Crippen LogP contribution in [0.25, 0.3) is 0 Å². The van der Waals surface area contributed by atoms with Gasteiger partial charge in [-0.15, -0.1) is 0 Å². The first-order valence-corrected chi connectivity index (χ1v) is 6.68. The fraction of sp³-hybridized carbons (Fsp3) is 0.417. The van der Waals surface area contributed by atoms with E-state index < -0.39 is 16.8 Å². The highest BCUT2D eigenvalue weighted by Crippen LogP contribution is 2.12. The molecular formula is C12H16O4S. The van der Waals surface area contributed by atoms with E-state index in [2.05, 4.69) is 4.74 Å². The molecule has 94 valence electrons. The van der Waals surface area contributed by atoms with Crippen molar-refractivity contribution in [3.63, 3.8) is 0 Å². The first kappa shape index (κ1) is 13.9. The number of rotatable bonds is 6. The third kappa shape index (κ3) is 4.28. The second-order valence-corrected chi connectivity index (χ2v) is 5.01. The Balaban J connectivity index is 2.76. The summed E-state index contributed by atoms with van der Waals surface area (Å²) in [4.78, 5) is 11.5. The largest absolute Gasteiger partial charge is 0.465 e. The minimum Gasteiger partial charge on any atom is -0.465 e. The average Bonchev–Trinajstić information content (AvgIpc) is 2.36. The standard InChI is InChI=1S/C12H16O4S/c1-15-7-8-17(14)9-10-5-3-4-6-11(10)12(13)16-2/h3-6H,7-9H2,1-2H3. The van der Waals surface area contributed by atoms with Crippen molar-refractivity contribution in [3.8, 4) is 0 Å². The summed E-state index contributed by atoms with van der Waals surface area (Å²) in [6.45, 7) is 0.451. The van der Waals surface area contributed by atoms with Crippen molar-refractivity contribution in [1.82, 2.24) is 0 Å². The summed E-state index contributed by atoms with van der Waals surface area (Å²) in [6.07, 6.45) is 0. The quantitative estimate of drug-likeness (QED) is 0.721. The van der Waals surface area contributed by atoms with Gasteiger partial charge >= 0.3 is 5.97 Å². The predicted molar refractivity (Wildman–Crippen MR) is 66.4 cm³/mol. The molecule has 1 aromatic carbocycles. The maximum absolute atomic E-state index is 11.7. The number of benzene rings is 1. The molecule has 5 heteroatoms.